The molecule has 0 bridgehead atoms. The van der Waals surface area contributed by atoms with Gasteiger partial charge >= 0.3 is 0 Å². The van der Waals surface area contributed by atoms with Gasteiger partial charge in [-0.15, -0.1) is 0 Å². The molecule has 216 valence electrons. The third-order valence-electron chi connectivity index (χ3n) is 7.69. The largest absolute Gasteiger partial charge is 0.499 e. The van der Waals surface area contributed by atoms with Crippen LogP contribution in [0.5, 0.6) is 0 Å². The smallest absolute Gasteiger partial charge is 0.266 e. The molecule has 7 heteroatoms. The number of allylic oxidation sites excluding steroid dienone is 5. The van der Waals surface area contributed by atoms with Gasteiger partial charge in [-0.05, 0) is 78.4 Å². The number of nitrogens with one attached hydrogen (secondary N) is 1. The van der Waals surface area contributed by atoms with Crippen molar-refractivity contribution in [3.8, 4) is 0 Å². The number of benzene rings is 1. The molecule has 0 aliphatic carbocycles. The SMILES string of the molecule is CC/C(C)=C(C)\N=C(NCc1cccc(C(F)F)c1F)/C(=C/C(=C(\C)OC)N1CCCCC1)C(/C)=C(/C)CC. The van der Waals surface area contributed by atoms with Gasteiger partial charge in [0.25, 0.3) is 6.43 Å². The van der Waals surface area contributed by atoms with Crippen molar-refractivity contribution in [1.82, 2.24) is 10.2 Å². The van der Waals surface area contributed by atoms with E-state index in [1.165, 1.54) is 24.1 Å². The molecule has 1 aliphatic heterocycles. The molecule has 0 unspecified atom stereocenters. The van der Waals surface area contributed by atoms with Crippen LogP contribution in [-0.4, -0.2) is 30.9 Å². The van der Waals surface area contributed by atoms with Gasteiger partial charge in [0, 0.05) is 36.5 Å². The Kier molecular flexibility index (Phi) is 12.9. The molecule has 0 radical (unpaired) electrons. The van der Waals surface area contributed by atoms with Gasteiger partial charge in [-0.2, -0.15) is 0 Å². The predicted molar refractivity (Wildman–Crippen MR) is 156 cm³/mol. The van der Waals surface area contributed by atoms with E-state index < -0.39 is 17.8 Å². The highest BCUT2D eigenvalue weighted by Crippen LogP contribution is 2.27. The lowest BCUT2D eigenvalue weighted by atomic mass is 9.97. The van der Waals surface area contributed by atoms with E-state index in [9.17, 15) is 13.2 Å². The van der Waals surface area contributed by atoms with E-state index in [1.807, 2.05) is 20.8 Å². The standard InChI is InChI=1S/C32H46F3N3O/c1-9-21(3)23(5)28(19-29(25(7)39-8)38-17-12-11-13-18-38)32(37-24(6)22(4)10-2)36-20-26-15-14-16-27(30(26)33)31(34)35/h14-16,19,31H,9-13,17-18,20H2,1-8H3,(H,36,37)/b23-21-,24-22-,28-19+,29-25-. The Morgan fingerprint density at radius 1 is 1.03 bits per heavy atom. The molecular weight excluding hydrogens is 499 g/mol. The summed E-state index contributed by atoms with van der Waals surface area (Å²) in [4.78, 5) is 7.35. The van der Waals surface area contributed by atoms with Gasteiger partial charge in [-0.25, -0.2) is 18.2 Å². The number of ether oxygens (including phenoxy) is 1. The maximum absolute atomic E-state index is 14.9. The molecule has 4 nitrogen and oxygen atoms in total. The van der Waals surface area contributed by atoms with Crippen molar-refractivity contribution in [1.29, 1.82) is 0 Å². The van der Waals surface area contributed by atoms with E-state index in [1.54, 1.807) is 7.11 Å². The molecule has 0 spiro atoms. The topological polar surface area (TPSA) is 36.9 Å². The quantitative estimate of drug-likeness (QED) is 0.130. The summed E-state index contributed by atoms with van der Waals surface area (Å²) in [5, 5.41) is 3.32. The van der Waals surface area contributed by atoms with Gasteiger partial charge in [0.1, 0.15) is 17.4 Å². The highest BCUT2D eigenvalue weighted by molar-refractivity contribution is 6.03. The van der Waals surface area contributed by atoms with Crippen molar-refractivity contribution in [2.45, 2.75) is 93.5 Å². The number of methoxy groups -OCH3 is 1. The number of nitrogens with zero attached hydrogens (tertiary/aromatic N) is 2. The lowest BCUT2D eigenvalue weighted by Crippen LogP contribution is -2.31. The van der Waals surface area contributed by atoms with Crippen molar-refractivity contribution in [2.24, 2.45) is 4.99 Å². The molecule has 1 fully saturated rings. The second-order valence-corrected chi connectivity index (χ2v) is 10.2. The second kappa shape index (κ2) is 15.6. The fourth-order valence-corrected chi connectivity index (χ4v) is 4.44. The van der Waals surface area contributed by atoms with Crippen LogP contribution in [0.1, 0.15) is 98.1 Å². The Balaban J connectivity index is 2.74. The zero-order valence-electron chi connectivity index (χ0n) is 25.0. The molecule has 0 atom stereocenters. The molecule has 39 heavy (non-hydrogen) atoms. The number of piperidine rings is 1. The highest BCUT2D eigenvalue weighted by atomic mass is 19.3. The van der Waals surface area contributed by atoms with Crippen LogP contribution in [0, 0.1) is 5.82 Å². The summed E-state index contributed by atoms with van der Waals surface area (Å²) in [6, 6.07) is 4.12. The molecule has 1 N–H and O–H groups in total. The number of hydrogen-bond donors (Lipinski definition) is 1. The van der Waals surface area contributed by atoms with Crippen LogP contribution in [0.4, 0.5) is 13.2 Å². The van der Waals surface area contributed by atoms with Crippen LogP contribution in [0.2, 0.25) is 0 Å². The van der Waals surface area contributed by atoms with E-state index in [4.69, 9.17) is 9.73 Å². The molecule has 0 saturated carbocycles. The Labute approximate surface area is 233 Å². The van der Waals surface area contributed by atoms with Crippen molar-refractivity contribution in [3.63, 3.8) is 0 Å². The van der Waals surface area contributed by atoms with Crippen LogP contribution in [0.15, 0.2) is 68.7 Å². The number of aliphatic imine (C=N–C) groups is 1. The fraction of sp³-hybridized carbons (Fsp3) is 0.531. The summed E-state index contributed by atoms with van der Waals surface area (Å²) in [7, 11) is 1.68. The molecule has 1 saturated heterocycles. The normalized spacial score (nSPS) is 17.1. The summed E-state index contributed by atoms with van der Waals surface area (Å²) in [6.45, 7) is 16.2. The minimum Gasteiger partial charge on any atom is -0.499 e. The van der Waals surface area contributed by atoms with Crippen LogP contribution in [0.3, 0.4) is 0 Å². The van der Waals surface area contributed by atoms with Gasteiger partial charge in [-0.3, -0.25) is 0 Å². The molecule has 0 amide bonds. The number of alkyl halides is 2. The number of amidine groups is 1. The lowest BCUT2D eigenvalue weighted by molar-refractivity contribution is 0.146. The minimum atomic E-state index is -2.88. The van der Waals surface area contributed by atoms with Crippen molar-refractivity contribution in [2.75, 3.05) is 20.2 Å². The van der Waals surface area contributed by atoms with E-state index in [-0.39, 0.29) is 12.1 Å². The van der Waals surface area contributed by atoms with E-state index in [2.05, 4.69) is 44.0 Å². The average Bonchev–Trinajstić information content (AvgIpc) is 2.95. The first-order valence-corrected chi connectivity index (χ1v) is 14.0. The molecule has 2 rings (SSSR count). The Morgan fingerprint density at radius 2 is 1.67 bits per heavy atom. The molecule has 1 aromatic carbocycles. The summed E-state index contributed by atoms with van der Waals surface area (Å²) >= 11 is 0. The average molecular weight is 546 g/mol. The van der Waals surface area contributed by atoms with Gasteiger partial charge in [0.2, 0.25) is 0 Å². The van der Waals surface area contributed by atoms with Gasteiger partial charge < -0.3 is 15.0 Å². The first-order valence-electron chi connectivity index (χ1n) is 14.0. The number of halogens is 3. The zero-order chi connectivity index (χ0) is 29.1. The van der Waals surface area contributed by atoms with E-state index in [0.29, 0.717) is 5.84 Å². The van der Waals surface area contributed by atoms with Crippen molar-refractivity contribution < 1.29 is 17.9 Å². The molecule has 1 aliphatic rings. The Bertz CT molecular complexity index is 1140. The summed E-state index contributed by atoms with van der Waals surface area (Å²) in [5.74, 6) is 0.497. The number of likely N-dealkylation sites (tertiary alicyclic amines) is 1. The van der Waals surface area contributed by atoms with Crippen molar-refractivity contribution in [3.05, 3.63) is 80.7 Å². The Morgan fingerprint density at radius 3 is 2.23 bits per heavy atom. The fourth-order valence-electron chi connectivity index (χ4n) is 4.44. The maximum atomic E-state index is 14.9. The van der Waals surface area contributed by atoms with Crippen LogP contribution in [0.25, 0.3) is 0 Å². The summed E-state index contributed by atoms with van der Waals surface area (Å²) in [6.07, 6.45) is 4.38. The third-order valence-corrected chi connectivity index (χ3v) is 7.69. The Hall–Kier alpha value is -2.96. The third kappa shape index (κ3) is 8.77. The first-order chi connectivity index (χ1) is 18.5. The first kappa shape index (κ1) is 32.3. The van der Waals surface area contributed by atoms with Crippen LogP contribution >= 0.6 is 0 Å². The minimum absolute atomic E-state index is 0.0193. The summed E-state index contributed by atoms with van der Waals surface area (Å²) in [5.41, 5.74) is 5.70. The van der Waals surface area contributed by atoms with E-state index in [0.717, 1.165) is 78.7 Å². The monoisotopic (exact) mass is 545 g/mol. The van der Waals surface area contributed by atoms with Gasteiger partial charge in [0.05, 0.1) is 18.4 Å². The number of hydrogen-bond acceptors (Lipinski definition) is 3. The van der Waals surface area contributed by atoms with Gasteiger partial charge in [-0.1, -0.05) is 43.2 Å². The van der Waals surface area contributed by atoms with E-state index >= 15 is 0 Å². The lowest BCUT2D eigenvalue weighted by Gasteiger charge is -2.31. The number of rotatable bonds is 11. The molecule has 0 aromatic heterocycles. The zero-order valence-corrected chi connectivity index (χ0v) is 25.0. The molecule has 1 aromatic rings. The van der Waals surface area contributed by atoms with Crippen molar-refractivity contribution >= 4 is 5.84 Å². The molecule has 1 heterocycles. The van der Waals surface area contributed by atoms with Crippen LogP contribution in [-0.2, 0) is 11.3 Å². The highest BCUT2D eigenvalue weighted by Gasteiger charge is 2.21. The molecular formula is C32H46F3N3O. The predicted octanol–water partition coefficient (Wildman–Crippen LogP) is 8.99. The van der Waals surface area contributed by atoms with Crippen LogP contribution < -0.4 is 5.32 Å². The maximum Gasteiger partial charge on any atom is 0.266 e. The van der Waals surface area contributed by atoms with Gasteiger partial charge in [0.15, 0.2) is 0 Å². The summed E-state index contributed by atoms with van der Waals surface area (Å²) < 4.78 is 47.4. The second-order valence-electron chi connectivity index (χ2n) is 10.2.